The maximum Gasteiger partial charge on any atom is 0.262 e. The zero-order chi connectivity index (χ0) is 15.1. The Morgan fingerprint density at radius 2 is 2.38 bits per heavy atom. The van der Waals surface area contributed by atoms with Gasteiger partial charge in [0.1, 0.15) is 4.83 Å². The molecule has 0 radical (unpaired) electrons. The molecular formula is C15H17N2O3S-. The van der Waals surface area contributed by atoms with Crippen LogP contribution in [0, 0.1) is 5.92 Å². The summed E-state index contributed by atoms with van der Waals surface area (Å²) in [6.45, 7) is 3.93. The number of hydrogen-bond acceptors (Lipinski definition) is 5. The van der Waals surface area contributed by atoms with Crippen molar-refractivity contribution in [2.45, 2.75) is 45.6 Å². The number of fused-ring (bicyclic) bond motifs is 3. The van der Waals surface area contributed by atoms with Gasteiger partial charge in [0.05, 0.1) is 23.7 Å². The van der Waals surface area contributed by atoms with Gasteiger partial charge in [0.2, 0.25) is 0 Å². The van der Waals surface area contributed by atoms with E-state index in [1.807, 2.05) is 0 Å². The standard InChI is InChI=1S/C15H18N2O3S/c1-3-10(15(19)20)17-7-16-13-12(14(17)18)9-5-4-8(2)6-11(9)21-13/h7-8,10H,3-6H2,1-2H3,(H,19,20)/p-1/t8-,10+/m1/s1. The Labute approximate surface area is 126 Å². The summed E-state index contributed by atoms with van der Waals surface area (Å²) in [5.74, 6) is -0.613. The van der Waals surface area contributed by atoms with E-state index in [-0.39, 0.29) is 5.56 Å². The van der Waals surface area contributed by atoms with Crippen LogP contribution in [-0.2, 0) is 17.6 Å². The van der Waals surface area contributed by atoms with E-state index >= 15 is 0 Å². The van der Waals surface area contributed by atoms with Crippen LogP contribution in [0.3, 0.4) is 0 Å². The van der Waals surface area contributed by atoms with Gasteiger partial charge in [-0.2, -0.15) is 0 Å². The van der Waals surface area contributed by atoms with Crippen LogP contribution in [0.15, 0.2) is 11.1 Å². The SMILES string of the molecule is CC[C@@H](C(=O)[O-])n1cnc2sc3c(c2c1=O)CC[C@@H](C)C3. The van der Waals surface area contributed by atoms with Crippen LogP contribution < -0.4 is 10.7 Å². The lowest BCUT2D eigenvalue weighted by molar-refractivity contribution is -0.310. The minimum Gasteiger partial charge on any atom is -0.548 e. The van der Waals surface area contributed by atoms with Crippen LogP contribution in [0.5, 0.6) is 0 Å². The largest absolute Gasteiger partial charge is 0.548 e. The van der Waals surface area contributed by atoms with E-state index in [1.54, 1.807) is 18.3 Å². The second-order valence-electron chi connectivity index (χ2n) is 5.73. The molecule has 0 N–H and O–H groups in total. The Morgan fingerprint density at radius 1 is 1.62 bits per heavy atom. The third-order valence-corrected chi connectivity index (χ3v) is 5.40. The number of carboxylic acids is 1. The highest BCUT2D eigenvalue weighted by molar-refractivity contribution is 7.18. The summed E-state index contributed by atoms with van der Waals surface area (Å²) in [5.41, 5.74) is 0.830. The number of carboxylic acid groups (broad SMARTS) is 1. The summed E-state index contributed by atoms with van der Waals surface area (Å²) < 4.78 is 1.21. The summed E-state index contributed by atoms with van der Waals surface area (Å²) in [5, 5.41) is 11.8. The summed E-state index contributed by atoms with van der Waals surface area (Å²) in [6, 6.07) is -0.951. The van der Waals surface area contributed by atoms with Gasteiger partial charge in [-0.15, -0.1) is 11.3 Å². The molecule has 0 saturated heterocycles. The molecule has 2 atom stereocenters. The van der Waals surface area contributed by atoms with Crippen LogP contribution in [-0.4, -0.2) is 15.5 Å². The van der Waals surface area contributed by atoms with E-state index in [2.05, 4.69) is 11.9 Å². The van der Waals surface area contributed by atoms with Crippen molar-refractivity contribution in [3.05, 3.63) is 27.1 Å². The Morgan fingerprint density at radius 3 is 3.05 bits per heavy atom. The molecule has 0 aliphatic heterocycles. The minimum absolute atomic E-state index is 0.247. The van der Waals surface area contributed by atoms with E-state index in [9.17, 15) is 14.7 Å². The van der Waals surface area contributed by atoms with Crippen molar-refractivity contribution in [2.75, 3.05) is 0 Å². The van der Waals surface area contributed by atoms with Gasteiger partial charge in [0, 0.05) is 4.88 Å². The number of rotatable bonds is 3. The van der Waals surface area contributed by atoms with Crippen molar-refractivity contribution in [3.8, 4) is 0 Å². The third kappa shape index (κ3) is 2.27. The molecule has 112 valence electrons. The first-order valence-electron chi connectivity index (χ1n) is 7.25. The maximum atomic E-state index is 12.7. The van der Waals surface area contributed by atoms with Gasteiger partial charge < -0.3 is 9.90 Å². The predicted octanol–water partition coefficient (Wildman–Crippen LogP) is 1.28. The molecule has 1 aliphatic carbocycles. The highest BCUT2D eigenvalue weighted by Crippen LogP contribution is 2.35. The summed E-state index contributed by atoms with van der Waals surface area (Å²) >= 11 is 1.57. The molecule has 2 aromatic heterocycles. The lowest BCUT2D eigenvalue weighted by Crippen LogP contribution is -2.38. The van der Waals surface area contributed by atoms with E-state index in [1.165, 1.54) is 15.8 Å². The number of hydrogen-bond donors (Lipinski definition) is 0. The van der Waals surface area contributed by atoms with Crippen molar-refractivity contribution in [2.24, 2.45) is 5.92 Å². The molecule has 2 heterocycles. The first-order chi connectivity index (χ1) is 10.0. The molecule has 0 bridgehead atoms. The first-order valence-corrected chi connectivity index (χ1v) is 8.06. The van der Waals surface area contributed by atoms with Crippen molar-refractivity contribution < 1.29 is 9.90 Å². The van der Waals surface area contributed by atoms with Crippen LogP contribution in [0.25, 0.3) is 10.2 Å². The van der Waals surface area contributed by atoms with Crippen LogP contribution in [0.4, 0.5) is 0 Å². The van der Waals surface area contributed by atoms with Gasteiger partial charge in [-0.25, -0.2) is 4.98 Å². The zero-order valence-electron chi connectivity index (χ0n) is 12.1. The molecule has 0 unspecified atom stereocenters. The summed E-state index contributed by atoms with van der Waals surface area (Å²) in [7, 11) is 0. The average molecular weight is 305 g/mol. The predicted molar refractivity (Wildman–Crippen MR) is 79.4 cm³/mol. The fourth-order valence-corrected chi connectivity index (χ4v) is 4.38. The molecule has 1 aliphatic rings. The maximum absolute atomic E-state index is 12.7. The molecular weight excluding hydrogens is 288 g/mol. The van der Waals surface area contributed by atoms with E-state index in [4.69, 9.17) is 0 Å². The molecule has 0 spiro atoms. The normalized spacial score (nSPS) is 19.4. The Hall–Kier alpha value is -1.69. The highest BCUT2D eigenvalue weighted by Gasteiger charge is 2.24. The number of aromatic nitrogens is 2. The number of aryl methyl sites for hydroxylation is 1. The van der Waals surface area contributed by atoms with Gasteiger partial charge in [-0.3, -0.25) is 9.36 Å². The quantitative estimate of drug-likeness (QED) is 0.856. The van der Waals surface area contributed by atoms with Crippen LogP contribution in [0.2, 0.25) is 0 Å². The molecule has 0 aromatic carbocycles. The van der Waals surface area contributed by atoms with Crippen molar-refractivity contribution >= 4 is 27.5 Å². The first kappa shape index (κ1) is 14.3. The highest BCUT2D eigenvalue weighted by atomic mass is 32.1. The van der Waals surface area contributed by atoms with Gasteiger partial charge in [0.25, 0.3) is 5.56 Å². The number of nitrogens with zero attached hydrogens (tertiary/aromatic N) is 2. The Balaban J connectivity index is 2.21. The Bertz CT molecular complexity index is 762. The summed E-state index contributed by atoms with van der Waals surface area (Å²) in [6.07, 6.45) is 4.57. The van der Waals surface area contributed by atoms with E-state index in [0.29, 0.717) is 17.7 Å². The zero-order valence-corrected chi connectivity index (χ0v) is 12.9. The van der Waals surface area contributed by atoms with Crippen molar-refractivity contribution in [1.29, 1.82) is 0 Å². The van der Waals surface area contributed by atoms with E-state index < -0.39 is 12.0 Å². The molecule has 21 heavy (non-hydrogen) atoms. The van der Waals surface area contributed by atoms with Crippen LogP contribution in [0.1, 0.15) is 43.2 Å². The van der Waals surface area contributed by atoms with Gasteiger partial charge in [0.15, 0.2) is 0 Å². The molecule has 6 heteroatoms. The fraction of sp³-hybridized carbons (Fsp3) is 0.533. The molecule has 2 aromatic rings. The topological polar surface area (TPSA) is 75.0 Å². The number of thiophene rings is 1. The molecule has 0 saturated carbocycles. The monoisotopic (exact) mass is 305 g/mol. The second-order valence-corrected chi connectivity index (χ2v) is 6.82. The minimum atomic E-state index is -1.24. The third-order valence-electron chi connectivity index (χ3n) is 4.24. The van der Waals surface area contributed by atoms with Gasteiger partial charge in [-0.05, 0) is 37.2 Å². The van der Waals surface area contributed by atoms with Gasteiger partial charge >= 0.3 is 0 Å². The number of aliphatic carboxylic acids is 1. The molecule has 5 nitrogen and oxygen atoms in total. The lowest BCUT2D eigenvalue weighted by Gasteiger charge is -2.19. The molecule has 0 fully saturated rings. The van der Waals surface area contributed by atoms with Crippen LogP contribution >= 0.6 is 11.3 Å². The van der Waals surface area contributed by atoms with Crippen molar-refractivity contribution in [3.63, 3.8) is 0 Å². The van der Waals surface area contributed by atoms with Crippen molar-refractivity contribution in [1.82, 2.24) is 9.55 Å². The second kappa shape index (κ2) is 5.26. The number of carbonyl (C=O) groups is 1. The van der Waals surface area contributed by atoms with E-state index in [0.717, 1.165) is 29.7 Å². The summed E-state index contributed by atoms with van der Waals surface area (Å²) in [4.78, 5) is 30.1. The number of carbonyl (C=O) groups excluding carboxylic acids is 1. The average Bonchev–Trinajstić information content (AvgIpc) is 2.79. The Kier molecular flexibility index (Phi) is 3.57. The lowest BCUT2D eigenvalue weighted by atomic mass is 9.89. The molecule has 0 amide bonds. The fourth-order valence-electron chi connectivity index (χ4n) is 3.04. The molecule has 3 rings (SSSR count). The van der Waals surface area contributed by atoms with Gasteiger partial charge in [-0.1, -0.05) is 13.8 Å². The smallest absolute Gasteiger partial charge is 0.262 e.